The molecule has 1 N–H and O–H groups in total. The summed E-state index contributed by atoms with van der Waals surface area (Å²) < 4.78 is 1.06. The van der Waals surface area contributed by atoms with Crippen molar-refractivity contribution in [1.82, 2.24) is 4.90 Å². The van der Waals surface area contributed by atoms with Crippen LogP contribution in [0.25, 0.3) is 6.08 Å². The standard InChI is InChI=1S/C13H16BrNO2S/c14-12-5-3-11(18-12)4-6-13(17)15-7-1-2-10(8-15)9-16/h3-6,10,16H,1-2,7-9H2/b6-4+. The second-order valence-corrected chi connectivity index (χ2v) is 6.94. The summed E-state index contributed by atoms with van der Waals surface area (Å²) in [6.45, 7) is 1.65. The molecule has 0 saturated carbocycles. The van der Waals surface area contributed by atoms with Gasteiger partial charge >= 0.3 is 0 Å². The average molecular weight is 330 g/mol. The van der Waals surface area contributed by atoms with Crippen LogP contribution in [0.5, 0.6) is 0 Å². The number of halogens is 1. The number of carbonyl (C=O) groups is 1. The molecule has 1 aliphatic rings. The van der Waals surface area contributed by atoms with Crippen LogP contribution in [0.15, 0.2) is 22.0 Å². The molecule has 0 aliphatic carbocycles. The fourth-order valence-electron chi connectivity index (χ4n) is 2.09. The second kappa shape index (κ2) is 6.50. The number of piperidine rings is 1. The smallest absolute Gasteiger partial charge is 0.246 e. The van der Waals surface area contributed by atoms with Gasteiger partial charge in [-0.15, -0.1) is 11.3 Å². The van der Waals surface area contributed by atoms with Gasteiger partial charge in [0, 0.05) is 30.6 Å². The molecule has 0 spiro atoms. The van der Waals surface area contributed by atoms with Crippen LogP contribution in [-0.2, 0) is 4.79 Å². The molecule has 1 saturated heterocycles. The van der Waals surface area contributed by atoms with Crippen LogP contribution in [0.4, 0.5) is 0 Å². The molecule has 2 heterocycles. The molecule has 1 aromatic rings. The van der Waals surface area contributed by atoms with Gasteiger partial charge < -0.3 is 10.0 Å². The first-order valence-electron chi connectivity index (χ1n) is 6.02. The molecule has 1 amide bonds. The van der Waals surface area contributed by atoms with Gasteiger partial charge in [-0.05, 0) is 52.9 Å². The van der Waals surface area contributed by atoms with Crippen molar-refractivity contribution in [3.05, 3.63) is 26.9 Å². The molecule has 0 bridgehead atoms. The summed E-state index contributed by atoms with van der Waals surface area (Å²) in [6.07, 6.45) is 5.47. The monoisotopic (exact) mass is 329 g/mol. The Labute approximate surface area is 119 Å². The van der Waals surface area contributed by atoms with Crippen molar-refractivity contribution in [2.45, 2.75) is 12.8 Å². The average Bonchev–Trinajstić information content (AvgIpc) is 2.82. The van der Waals surface area contributed by atoms with Gasteiger partial charge in [0.15, 0.2) is 0 Å². The zero-order valence-electron chi connectivity index (χ0n) is 10.0. The maximum atomic E-state index is 12.0. The molecule has 1 unspecified atom stereocenters. The number of amides is 1. The largest absolute Gasteiger partial charge is 0.396 e. The highest BCUT2D eigenvalue weighted by Crippen LogP contribution is 2.23. The van der Waals surface area contributed by atoms with E-state index in [4.69, 9.17) is 5.11 Å². The van der Waals surface area contributed by atoms with E-state index in [1.54, 1.807) is 17.4 Å². The maximum Gasteiger partial charge on any atom is 0.246 e. The number of hydrogen-bond acceptors (Lipinski definition) is 3. The lowest BCUT2D eigenvalue weighted by molar-refractivity contribution is -0.127. The molecule has 5 heteroatoms. The number of rotatable bonds is 3. The van der Waals surface area contributed by atoms with Gasteiger partial charge in [-0.25, -0.2) is 0 Å². The fourth-order valence-corrected chi connectivity index (χ4v) is 3.42. The quantitative estimate of drug-likeness (QED) is 0.866. The molecular formula is C13H16BrNO2S. The normalized spacial score (nSPS) is 20.6. The highest BCUT2D eigenvalue weighted by molar-refractivity contribution is 9.11. The fraction of sp³-hybridized carbons (Fsp3) is 0.462. The molecule has 3 nitrogen and oxygen atoms in total. The van der Waals surface area contributed by atoms with Gasteiger partial charge in [0.2, 0.25) is 5.91 Å². The van der Waals surface area contributed by atoms with Crippen LogP contribution in [0, 0.1) is 5.92 Å². The molecule has 1 aromatic heterocycles. The Morgan fingerprint density at radius 3 is 3.11 bits per heavy atom. The highest BCUT2D eigenvalue weighted by atomic mass is 79.9. The van der Waals surface area contributed by atoms with Gasteiger partial charge in [0.05, 0.1) is 3.79 Å². The topological polar surface area (TPSA) is 40.5 Å². The van der Waals surface area contributed by atoms with Crippen molar-refractivity contribution in [3.63, 3.8) is 0 Å². The van der Waals surface area contributed by atoms with E-state index < -0.39 is 0 Å². The molecule has 1 aliphatic heterocycles. The van der Waals surface area contributed by atoms with E-state index in [-0.39, 0.29) is 18.4 Å². The molecule has 1 fully saturated rings. The minimum absolute atomic E-state index is 0.0395. The summed E-state index contributed by atoms with van der Waals surface area (Å²) in [4.78, 5) is 14.9. The summed E-state index contributed by atoms with van der Waals surface area (Å²) in [5.41, 5.74) is 0. The second-order valence-electron chi connectivity index (χ2n) is 4.45. The molecule has 2 rings (SSSR count). The molecule has 0 radical (unpaired) electrons. The lowest BCUT2D eigenvalue weighted by Gasteiger charge is -2.31. The Morgan fingerprint density at radius 2 is 2.44 bits per heavy atom. The van der Waals surface area contributed by atoms with E-state index in [1.165, 1.54) is 0 Å². The summed E-state index contributed by atoms with van der Waals surface area (Å²) in [7, 11) is 0. The number of thiophene rings is 1. The van der Waals surface area contributed by atoms with Crippen molar-refractivity contribution in [3.8, 4) is 0 Å². The van der Waals surface area contributed by atoms with Crippen LogP contribution < -0.4 is 0 Å². The lowest BCUT2D eigenvalue weighted by atomic mass is 9.99. The third-order valence-corrected chi connectivity index (χ3v) is 4.66. The maximum absolute atomic E-state index is 12.0. The minimum Gasteiger partial charge on any atom is -0.396 e. The Morgan fingerprint density at radius 1 is 1.61 bits per heavy atom. The SMILES string of the molecule is O=C(/C=C/c1ccc(Br)s1)N1CCCC(CO)C1. The molecule has 18 heavy (non-hydrogen) atoms. The van der Waals surface area contributed by atoms with E-state index in [0.717, 1.165) is 28.0 Å². The number of aliphatic hydroxyl groups is 1. The van der Waals surface area contributed by atoms with Crippen LogP contribution in [-0.4, -0.2) is 35.6 Å². The molecule has 98 valence electrons. The van der Waals surface area contributed by atoms with Crippen LogP contribution >= 0.6 is 27.3 Å². The van der Waals surface area contributed by atoms with Gasteiger partial charge in [-0.2, -0.15) is 0 Å². The summed E-state index contributed by atoms with van der Waals surface area (Å²) in [6, 6.07) is 3.95. The molecule has 0 aromatic carbocycles. The Bertz CT molecular complexity index is 444. The number of nitrogens with zero attached hydrogens (tertiary/aromatic N) is 1. The summed E-state index contributed by atoms with van der Waals surface area (Å²) >= 11 is 5.00. The number of carbonyl (C=O) groups excluding carboxylic acids is 1. The third-order valence-electron chi connectivity index (χ3n) is 3.07. The predicted molar refractivity (Wildman–Crippen MR) is 77.4 cm³/mol. The molecule has 1 atom stereocenters. The van der Waals surface area contributed by atoms with Crippen LogP contribution in [0.1, 0.15) is 17.7 Å². The number of hydrogen-bond donors (Lipinski definition) is 1. The van der Waals surface area contributed by atoms with E-state index in [1.807, 2.05) is 23.1 Å². The van der Waals surface area contributed by atoms with Crippen molar-refractivity contribution >= 4 is 39.2 Å². The zero-order valence-corrected chi connectivity index (χ0v) is 12.4. The van der Waals surface area contributed by atoms with E-state index in [9.17, 15) is 4.79 Å². The Balaban J connectivity index is 1.93. The first-order valence-corrected chi connectivity index (χ1v) is 7.63. The van der Waals surface area contributed by atoms with Crippen molar-refractivity contribution in [2.24, 2.45) is 5.92 Å². The zero-order chi connectivity index (χ0) is 13.0. The Hall–Kier alpha value is -0.650. The number of likely N-dealkylation sites (tertiary alicyclic amines) is 1. The molecular weight excluding hydrogens is 314 g/mol. The summed E-state index contributed by atoms with van der Waals surface area (Å²) in [5, 5.41) is 9.14. The van der Waals surface area contributed by atoms with Crippen LogP contribution in [0.3, 0.4) is 0 Å². The highest BCUT2D eigenvalue weighted by Gasteiger charge is 2.21. The first-order chi connectivity index (χ1) is 8.69. The Kier molecular flexibility index (Phi) is 4.97. The third kappa shape index (κ3) is 3.67. The van der Waals surface area contributed by atoms with Crippen LogP contribution in [0.2, 0.25) is 0 Å². The minimum atomic E-state index is 0.0395. The van der Waals surface area contributed by atoms with E-state index >= 15 is 0 Å². The number of aliphatic hydroxyl groups excluding tert-OH is 1. The van der Waals surface area contributed by atoms with E-state index in [2.05, 4.69) is 15.9 Å². The summed E-state index contributed by atoms with van der Waals surface area (Å²) in [5.74, 6) is 0.282. The van der Waals surface area contributed by atoms with Gasteiger partial charge in [0.1, 0.15) is 0 Å². The lowest BCUT2D eigenvalue weighted by Crippen LogP contribution is -2.40. The van der Waals surface area contributed by atoms with Crippen molar-refractivity contribution in [1.29, 1.82) is 0 Å². The predicted octanol–water partition coefficient (Wildman–Crippen LogP) is 2.75. The van der Waals surface area contributed by atoms with Crippen molar-refractivity contribution in [2.75, 3.05) is 19.7 Å². The first kappa shape index (κ1) is 13.8. The van der Waals surface area contributed by atoms with Gasteiger partial charge in [-0.3, -0.25) is 4.79 Å². The van der Waals surface area contributed by atoms with Gasteiger partial charge in [0.25, 0.3) is 0 Å². The van der Waals surface area contributed by atoms with Gasteiger partial charge in [-0.1, -0.05) is 0 Å². The van der Waals surface area contributed by atoms with E-state index in [0.29, 0.717) is 6.54 Å². The van der Waals surface area contributed by atoms with Crippen molar-refractivity contribution < 1.29 is 9.90 Å².